The van der Waals surface area contributed by atoms with E-state index in [0.29, 0.717) is 30.2 Å². The van der Waals surface area contributed by atoms with Crippen LogP contribution in [0, 0.1) is 6.92 Å². The Hall–Kier alpha value is -2.28. The summed E-state index contributed by atoms with van der Waals surface area (Å²) in [5.41, 5.74) is 1.46. The third kappa shape index (κ3) is 4.66. The zero-order valence-corrected chi connectivity index (χ0v) is 15.9. The van der Waals surface area contributed by atoms with Crippen LogP contribution in [0.25, 0.3) is 0 Å². The van der Waals surface area contributed by atoms with Crippen LogP contribution in [0.4, 0.5) is 0 Å². The van der Waals surface area contributed by atoms with E-state index in [-0.39, 0.29) is 18.5 Å². The second-order valence-electron chi connectivity index (χ2n) is 6.71. The molecule has 1 aliphatic rings. The Morgan fingerprint density at radius 2 is 1.85 bits per heavy atom. The van der Waals surface area contributed by atoms with Crippen molar-refractivity contribution in [2.24, 2.45) is 0 Å². The lowest BCUT2D eigenvalue weighted by Crippen LogP contribution is -2.37. The standard InChI is InChI=1S/C19H28N2O5/c1-13-10-16(25-3)17(26-4)11-15(13)19(24)21-8-5-6-14(7-9-21)20(2)12-18(22)23/h10-11,14H,5-9,12H2,1-4H3,(H,22,23). The highest BCUT2D eigenvalue weighted by molar-refractivity contribution is 5.96. The third-order valence-corrected chi connectivity index (χ3v) is 4.95. The number of aryl methyl sites for hydroxylation is 1. The fraction of sp³-hybridized carbons (Fsp3) is 0.579. The van der Waals surface area contributed by atoms with Gasteiger partial charge in [0.05, 0.1) is 20.8 Å². The average Bonchev–Trinajstić information content (AvgIpc) is 2.86. The molecular formula is C19H28N2O5. The van der Waals surface area contributed by atoms with Gasteiger partial charge in [0.15, 0.2) is 11.5 Å². The lowest BCUT2D eigenvalue weighted by atomic mass is 10.1. The number of likely N-dealkylation sites (N-methyl/N-ethyl adjacent to an activating group) is 1. The fourth-order valence-corrected chi connectivity index (χ4v) is 3.45. The number of hydrogen-bond donors (Lipinski definition) is 1. The van der Waals surface area contributed by atoms with E-state index in [4.69, 9.17) is 14.6 Å². The van der Waals surface area contributed by atoms with Gasteiger partial charge in [-0.25, -0.2) is 0 Å². The molecule has 0 aromatic heterocycles. The minimum Gasteiger partial charge on any atom is -0.493 e. The van der Waals surface area contributed by atoms with E-state index >= 15 is 0 Å². The number of methoxy groups -OCH3 is 2. The lowest BCUT2D eigenvalue weighted by Gasteiger charge is -2.26. The van der Waals surface area contributed by atoms with Gasteiger partial charge in [0.25, 0.3) is 5.91 Å². The number of nitrogens with zero attached hydrogens (tertiary/aromatic N) is 2. The maximum Gasteiger partial charge on any atom is 0.317 e. The molecule has 1 N–H and O–H groups in total. The highest BCUT2D eigenvalue weighted by atomic mass is 16.5. The van der Waals surface area contributed by atoms with Gasteiger partial charge in [-0.2, -0.15) is 0 Å². The number of hydrogen-bond acceptors (Lipinski definition) is 5. The van der Waals surface area contributed by atoms with Gasteiger partial charge in [0.1, 0.15) is 0 Å². The van der Waals surface area contributed by atoms with E-state index < -0.39 is 5.97 Å². The van der Waals surface area contributed by atoms with Gasteiger partial charge in [-0.3, -0.25) is 14.5 Å². The summed E-state index contributed by atoms with van der Waals surface area (Å²) in [7, 11) is 4.95. The average molecular weight is 364 g/mol. The van der Waals surface area contributed by atoms with E-state index in [0.717, 1.165) is 24.8 Å². The first kappa shape index (κ1) is 20.0. The van der Waals surface area contributed by atoms with Crippen molar-refractivity contribution in [2.45, 2.75) is 32.2 Å². The molecule has 7 heteroatoms. The molecule has 1 aromatic rings. The molecule has 0 aliphatic carbocycles. The molecule has 144 valence electrons. The van der Waals surface area contributed by atoms with Crippen molar-refractivity contribution in [3.05, 3.63) is 23.3 Å². The first-order valence-corrected chi connectivity index (χ1v) is 8.81. The number of carbonyl (C=O) groups is 2. The van der Waals surface area contributed by atoms with Crippen molar-refractivity contribution in [1.82, 2.24) is 9.80 Å². The van der Waals surface area contributed by atoms with Crippen molar-refractivity contribution in [2.75, 3.05) is 40.9 Å². The topological polar surface area (TPSA) is 79.3 Å². The monoisotopic (exact) mass is 364 g/mol. The lowest BCUT2D eigenvalue weighted by molar-refractivity contribution is -0.138. The number of rotatable bonds is 6. The normalized spacial score (nSPS) is 17.7. The number of ether oxygens (including phenoxy) is 2. The molecule has 1 aliphatic heterocycles. The minimum atomic E-state index is -0.828. The van der Waals surface area contributed by atoms with Crippen LogP contribution >= 0.6 is 0 Å². The van der Waals surface area contributed by atoms with E-state index in [1.165, 1.54) is 0 Å². The summed E-state index contributed by atoms with van der Waals surface area (Å²) in [5, 5.41) is 8.97. The summed E-state index contributed by atoms with van der Waals surface area (Å²) in [4.78, 5) is 27.6. The SMILES string of the molecule is COc1cc(C)c(C(=O)N2CCCC(N(C)CC(=O)O)CC2)cc1OC. The number of benzene rings is 1. The molecule has 0 bridgehead atoms. The van der Waals surface area contributed by atoms with Crippen LogP contribution in [0.2, 0.25) is 0 Å². The number of likely N-dealkylation sites (tertiary alicyclic amines) is 1. The van der Waals surface area contributed by atoms with Gasteiger partial charge in [0.2, 0.25) is 0 Å². The molecule has 0 spiro atoms. The van der Waals surface area contributed by atoms with Crippen LogP contribution in [-0.2, 0) is 4.79 Å². The predicted molar refractivity (Wildman–Crippen MR) is 98.1 cm³/mol. The Morgan fingerprint density at radius 3 is 2.46 bits per heavy atom. The number of carbonyl (C=O) groups excluding carboxylic acids is 1. The maximum atomic E-state index is 13.0. The summed E-state index contributed by atoms with van der Waals surface area (Å²) in [6.45, 7) is 3.19. The maximum absolute atomic E-state index is 13.0. The van der Waals surface area contributed by atoms with Crippen LogP contribution in [0.15, 0.2) is 12.1 Å². The Kier molecular flexibility index (Phi) is 6.85. The Balaban J connectivity index is 2.12. The van der Waals surface area contributed by atoms with Gasteiger partial charge >= 0.3 is 5.97 Å². The highest BCUT2D eigenvalue weighted by Gasteiger charge is 2.26. The first-order valence-electron chi connectivity index (χ1n) is 8.81. The summed E-state index contributed by atoms with van der Waals surface area (Å²) >= 11 is 0. The van der Waals surface area contributed by atoms with E-state index in [1.54, 1.807) is 20.3 Å². The third-order valence-electron chi connectivity index (χ3n) is 4.95. The quantitative estimate of drug-likeness (QED) is 0.832. The molecule has 7 nitrogen and oxygen atoms in total. The summed E-state index contributed by atoms with van der Waals surface area (Å²) in [6, 6.07) is 3.72. The zero-order valence-electron chi connectivity index (χ0n) is 15.9. The van der Waals surface area contributed by atoms with E-state index in [2.05, 4.69) is 0 Å². The molecule has 1 heterocycles. The number of amides is 1. The molecule has 0 saturated carbocycles. The van der Waals surface area contributed by atoms with Crippen molar-refractivity contribution < 1.29 is 24.2 Å². The van der Waals surface area contributed by atoms with Crippen LogP contribution in [0.5, 0.6) is 11.5 Å². The molecule has 1 amide bonds. The zero-order chi connectivity index (χ0) is 19.3. The predicted octanol–water partition coefficient (Wildman–Crippen LogP) is 2.02. The van der Waals surface area contributed by atoms with Gasteiger partial charge in [-0.15, -0.1) is 0 Å². The van der Waals surface area contributed by atoms with Crippen LogP contribution in [0.3, 0.4) is 0 Å². The van der Waals surface area contributed by atoms with E-state index in [9.17, 15) is 9.59 Å². The second kappa shape index (κ2) is 8.89. The minimum absolute atomic E-state index is 0.0212. The van der Waals surface area contributed by atoms with Crippen LogP contribution in [-0.4, -0.2) is 73.7 Å². The molecule has 2 rings (SSSR count). The second-order valence-corrected chi connectivity index (χ2v) is 6.71. The Bertz CT molecular complexity index is 662. The number of carboxylic acid groups (broad SMARTS) is 1. The number of carboxylic acids is 1. The molecular weight excluding hydrogens is 336 g/mol. The van der Waals surface area contributed by atoms with Crippen molar-refractivity contribution in [1.29, 1.82) is 0 Å². The largest absolute Gasteiger partial charge is 0.493 e. The molecule has 1 unspecified atom stereocenters. The van der Waals surface area contributed by atoms with Crippen molar-refractivity contribution >= 4 is 11.9 Å². The Morgan fingerprint density at radius 1 is 1.19 bits per heavy atom. The molecule has 1 aromatic carbocycles. The van der Waals surface area contributed by atoms with Gasteiger partial charge < -0.3 is 19.5 Å². The van der Waals surface area contributed by atoms with Crippen molar-refractivity contribution in [3.63, 3.8) is 0 Å². The highest BCUT2D eigenvalue weighted by Crippen LogP contribution is 2.31. The smallest absolute Gasteiger partial charge is 0.317 e. The number of aliphatic carboxylic acids is 1. The molecule has 1 saturated heterocycles. The first-order chi connectivity index (χ1) is 12.4. The van der Waals surface area contributed by atoms with E-state index in [1.807, 2.05) is 29.8 Å². The Labute approximate surface area is 154 Å². The summed E-state index contributed by atoms with van der Waals surface area (Å²) < 4.78 is 10.6. The fourth-order valence-electron chi connectivity index (χ4n) is 3.45. The van der Waals surface area contributed by atoms with Gasteiger partial charge in [0, 0.05) is 24.7 Å². The molecule has 0 radical (unpaired) electrons. The van der Waals surface area contributed by atoms with Gasteiger partial charge in [-0.1, -0.05) is 0 Å². The van der Waals surface area contributed by atoms with Crippen LogP contribution < -0.4 is 9.47 Å². The van der Waals surface area contributed by atoms with Crippen LogP contribution in [0.1, 0.15) is 35.2 Å². The molecule has 26 heavy (non-hydrogen) atoms. The van der Waals surface area contributed by atoms with Crippen molar-refractivity contribution in [3.8, 4) is 11.5 Å². The summed E-state index contributed by atoms with van der Waals surface area (Å²) in [6.07, 6.45) is 2.51. The van der Waals surface area contributed by atoms with Gasteiger partial charge in [-0.05, 0) is 50.9 Å². The molecule has 1 atom stereocenters. The summed E-state index contributed by atoms with van der Waals surface area (Å²) in [5.74, 6) is 0.290. The molecule has 1 fully saturated rings.